The summed E-state index contributed by atoms with van der Waals surface area (Å²) in [4.78, 5) is 40.3. The van der Waals surface area contributed by atoms with Gasteiger partial charge < -0.3 is 20.3 Å². The molecule has 1 atom stereocenters. The smallest absolute Gasteiger partial charge is 0.315 e. The fourth-order valence-electron chi connectivity index (χ4n) is 4.73. The van der Waals surface area contributed by atoms with Crippen molar-refractivity contribution in [1.29, 1.82) is 0 Å². The second kappa shape index (κ2) is 10.2. The number of ether oxygens (including phenoxy) is 1. The van der Waals surface area contributed by atoms with Crippen molar-refractivity contribution >= 4 is 23.6 Å². The molecule has 1 heterocycles. The maximum Gasteiger partial charge on any atom is 0.315 e. The van der Waals surface area contributed by atoms with Crippen molar-refractivity contribution in [2.75, 3.05) is 18.1 Å². The van der Waals surface area contributed by atoms with Gasteiger partial charge >= 0.3 is 12.0 Å². The van der Waals surface area contributed by atoms with Gasteiger partial charge in [-0.3, -0.25) is 9.59 Å². The van der Waals surface area contributed by atoms with Crippen LogP contribution in [0.1, 0.15) is 64.9 Å². The fraction of sp³-hybridized carbons (Fsp3) is 0.625. The van der Waals surface area contributed by atoms with Crippen LogP contribution in [0.15, 0.2) is 24.3 Å². The zero-order valence-corrected chi connectivity index (χ0v) is 18.9. The highest BCUT2D eigenvalue weighted by molar-refractivity contribution is 6.00. The third kappa shape index (κ3) is 5.57. The van der Waals surface area contributed by atoms with Crippen molar-refractivity contribution in [1.82, 2.24) is 10.6 Å². The lowest BCUT2D eigenvalue weighted by Gasteiger charge is -2.38. The number of urea groups is 1. The molecule has 1 saturated carbocycles. The number of carbonyl (C=O) groups excluding carboxylic acids is 3. The molecule has 0 saturated heterocycles. The SMILES string of the molecule is CCOC(=O)CC1(NC(=O)NC(C(=O)N2CCc3ccccc32)C(C)C)CCCCC1. The number of rotatable bonds is 7. The lowest BCUT2D eigenvalue weighted by atomic mass is 9.79. The molecule has 0 radical (unpaired) electrons. The maximum absolute atomic E-state index is 13.3. The number of fused-ring (bicyclic) bond motifs is 1. The van der Waals surface area contributed by atoms with Gasteiger partial charge in [-0.1, -0.05) is 51.3 Å². The molecule has 2 N–H and O–H groups in total. The zero-order valence-electron chi connectivity index (χ0n) is 18.9. The summed E-state index contributed by atoms with van der Waals surface area (Å²) in [6.45, 7) is 6.58. The van der Waals surface area contributed by atoms with Gasteiger partial charge in [0.15, 0.2) is 0 Å². The third-order valence-electron chi connectivity index (χ3n) is 6.35. The first-order valence-corrected chi connectivity index (χ1v) is 11.5. The van der Waals surface area contributed by atoms with Crippen LogP contribution < -0.4 is 15.5 Å². The molecule has 3 rings (SSSR count). The first-order chi connectivity index (χ1) is 14.8. The minimum Gasteiger partial charge on any atom is -0.466 e. The van der Waals surface area contributed by atoms with Crippen LogP contribution in [0.25, 0.3) is 0 Å². The predicted molar refractivity (Wildman–Crippen MR) is 120 cm³/mol. The second-order valence-electron chi connectivity index (χ2n) is 9.01. The van der Waals surface area contributed by atoms with Crippen LogP contribution in [0, 0.1) is 5.92 Å². The molecule has 31 heavy (non-hydrogen) atoms. The first kappa shape index (κ1) is 23.1. The number of benzene rings is 1. The molecule has 1 aromatic carbocycles. The summed E-state index contributed by atoms with van der Waals surface area (Å²) in [7, 11) is 0. The number of para-hydroxylation sites is 1. The summed E-state index contributed by atoms with van der Waals surface area (Å²) < 4.78 is 5.14. The Balaban J connectivity index is 1.69. The van der Waals surface area contributed by atoms with Gasteiger partial charge in [0, 0.05) is 12.2 Å². The number of esters is 1. The van der Waals surface area contributed by atoms with Crippen molar-refractivity contribution < 1.29 is 19.1 Å². The number of hydrogen-bond donors (Lipinski definition) is 2. The third-order valence-corrected chi connectivity index (χ3v) is 6.35. The molecule has 1 aliphatic heterocycles. The van der Waals surface area contributed by atoms with Crippen LogP contribution in [0.4, 0.5) is 10.5 Å². The normalized spacial score (nSPS) is 18.3. The number of nitrogens with zero attached hydrogens (tertiary/aromatic N) is 1. The monoisotopic (exact) mass is 429 g/mol. The Morgan fingerprint density at radius 2 is 1.84 bits per heavy atom. The van der Waals surface area contributed by atoms with E-state index >= 15 is 0 Å². The van der Waals surface area contributed by atoms with Gasteiger partial charge in [-0.25, -0.2) is 4.79 Å². The van der Waals surface area contributed by atoms with Gasteiger partial charge in [0.05, 0.1) is 18.6 Å². The van der Waals surface area contributed by atoms with Gasteiger partial charge in [0.1, 0.15) is 6.04 Å². The van der Waals surface area contributed by atoms with Crippen molar-refractivity contribution in [2.45, 2.75) is 77.3 Å². The highest BCUT2D eigenvalue weighted by Crippen LogP contribution is 2.32. The van der Waals surface area contributed by atoms with Gasteiger partial charge in [-0.2, -0.15) is 0 Å². The summed E-state index contributed by atoms with van der Waals surface area (Å²) >= 11 is 0. The second-order valence-corrected chi connectivity index (χ2v) is 9.01. The Kier molecular flexibility index (Phi) is 7.57. The highest BCUT2D eigenvalue weighted by atomic mass is 16.5. The lowest BCUT2D eigenvalue weighted by molar-refractivity contribution is -0.145. The summed E-state index contributed by atoms with van der Waals surface area (Å²) in [6.07, 6.45) is 5.45. The number of carbonyl (C=O) groups is 3. The molecular weight excluding hydrogens is 394 g/mol. The molecule has 170 valence electrons. The van der Waals surface area contributed by atoms with Crippen molar-refractivity contribution in [3.05, 3.63) is 29.8 Å². The Morgan fingerprint density at radius 3 is 2.52 bits per heavy atom. The molecule has 7 heteroatoms. The number of amides is 3. The van der Waals surface area contributed by atoms with E-state index in [-0.39, 0.29) is 24.2 Å². The molecule has 2 aliphatic rings. The molecule has 0 bridgehead atoms. The minimum atomic E-state index is -0.644. The lowest BCUT2D eigenvalue weighted by Crippen LogP contribution is -2.59. The van der Waals surface area contributed by atoms with Crippen LogP contribution in [-0.4, -0.2) is 42.6 Å². The van der Waals surface area contributed by atoms with Crippen LogP contribution in [0.2, 0.25) is 0 Å². The fourth-order valence-corrected chi connectivity index (χ4v) is 4.73. The summed E-state index contributed by atoms with van der Waals surface area (Å²) in [5.74, 6) is -0.466. The number of hydrogen-bond acceptors (Lipinski definition) is 4. The van der Waals surface area contributed by atoms with E-state index in [0.29, 0.717) is 13.2 Å². The number of nitrogens with one attached hydrogen (secondary N) is 2. The predicted octanol–water partition coefficient (Wildman–Crippen LogP) is 3.56. The molecule has 3 amide bonds. The van der Waals surface area contributed by atoms with Crippen molar-refractivity contribution in [3.63, 3.8) is 0 Å². The zero-order chi connectivity index (χ0) is 22.4. The van der Waals surface area contributed by atoms with E-state index in [9.17, 15) is 14.4 Å². The summed E-state index contributed by atoms with van der Waals surface area (Å²) in [5.41, 5.74) is 1.46. The van der Waals surface area contributed by atoms with Gasteiger partial charge in [-0.05, 0) is 43.7 Å². The maximum atomic E-state index is 13.3. The van der Waals surface area contributed by atoms with E-state index in [1.165, 1.54) is 0 Å². The Labute approximate surface area is 184 Å². The van der Waals surface area contributed by atoms with Gasteiger partial charge in [0.2, 0.25) is 5.91 Å². The van der Waals surface area contributed by atoms with E-state index in [1.54, 1.807) is 11.8 Å². The average molecular weight is 430 g/mol. The molecule has 1 unspecified atom stereocenters. The molecule has 1 aliphatic carbocycles. The molecule has 0 aromatic heterocycles. The van der Waals surface area contributed by atoms with E-state index in [4.69, 9.17) is 4.74 Å². The molecule has 7 nitrogen and oxygen atoms in total. The van der Waals surface area contributed by atoms with Crippen LogP contribution >= 0.6 is 0 Å². The molecular formula is C24H35N3O4. The number of anilines is 1. The minimum absolute atomic E-state index is 0.0709. The van der Waals surface area contributed by atoms with E-state index < -0.39 is 17.6 Å². The molecule has 1 fully saturated rings. The Bertz CT molecular complexity index is 802. The summed E-state index contributed by atoms with van der Waals surface area (Å²) in [5, 5.41) is 5.96. The summed E-state index contributed by atoms with van der Waals surface area (Å²) in [6, 6.07) is 6.85. The standard InChI is InChI=1S/C24H35N3O4/c1-4-31-20(28)16-24(13-8-5-9-14-24)26-23(30)25-21(17(2)3)22(29)27-15-12-18-10-6-7-11-19(18)27/h6-7,10-11,17,21H,4-5,8-9,12-16H2,1-3H3,(H2,25,26,30). The molecule has 0 spiro atoms. The highest BCUT2D eigenvalue weighted by Gasteiger charge is 2.38. The average Bonchev–Trinajstić information content (AvgIpc) is 3.16. The molecule has 1 aromatic rings. The van der Waals surface area contributed by atoms with Crippen LogP contribution in [0.5, 0.6) is 0 Å². The van der Waals surface area contributed by atoms with E-state index in [0.717, 1.165) is 49.8 Å². The van der Waals surface area contributed by atoms with Gasteiger partial charge in [0.25, 0.3) is 0 Å². The van der Waals surface area contributed by atoms with E-state index in [2.05, 4.69) is 10.6 Å². The first-order valence-electron chi connectivity index (χ1n) is 11.5. The Morgan fingerprint density at radius 1 is 1.13 bits per heavy atom. The van der Waals surface area contributed by atoms with Gasteiger partial charge in [-0.15, -0.1) is 0 Å². The largest absolute Gasteiger partial charge is 0.466 e. The topological polar surface area (TPSA) is 87.7 Å². The van der Waals surface area contributed by atoms with Crippen molar-refractivity contribution in [2.24, 2.45) is 5.92 Å². The Hall–Kier alpha value is -2.57. The quantitative estimate of drug-likeness (QED) is 0.649. The van der Waals surface area contributed by atoms with E-state index in [1.807, 2.05) is 38.1 Å². The van der Waals surface area contributed by atoms with Crippen LogP contribution in [0.3, 0.4) is 0 Å². The van der Waals surface area contributed by atoms with Crippen molar-refractivity contribution in [3.8, 4) is 0 Å². The van der Waals surface area contributed by atoms with Crippen LogP contribution in [-0.2, 0) is 20.7 Å².